The first-order valence-electron chi connectivity index (χ1n) is 5.35. The highest BCUT2D eigenvalue weighted by molar-refractivity contribution is 6.36. The number of hydrogen-bond donors (Lipinski definition) is 1. The Labute approximate surface area is 116 Å². The molecule has 0 heterocycles. The van der Waals surface area contributed by atoms with E-state index in [-0.39, 0.29) is 10.8 Å². The molecule has 0 spiro atoms. The summed E-state index contributed by atoms with van der Waals surface area (Å²) in [5, 5.41) is 10.4. The van der Waals surface area contributed by atoms with E-state index in [2.05, 4.69) is 4.99 Å². The highest BCUT2D eigenvalue weighted by Gasteiger charge is 2.05. The van der Waals surface area contributed by atoms with Crippen LogP contribution in [0.2, 0.25) is 10.0 Å². The fourth-order valence-corrected chi connectivity index (χ4v) is 1.97. The number of hydrogen-bond acceptors (Lipinski definition) is 2. The van der Waals surface area contributed by atoms with Crippen LogP contribution in [0.5, 0.6) is 5.75 Å². The van der Waals surface area contributed by atoms with Gasteiger partial charge < -0.3 is 5.11 Å². The van der Waals surface area contributed by atoms with Crippen LogP contribution in [-0.4, -0.2) is 11.3 Å². The molecular weight excluding hydrogens is 269 g/mol. The molecule has 1 N–H and O–H groups in total. The van der Waals surface area contributed by atoms with Gasteiger partial charge >= 0.3 is 0 Å². The summed E-state index contributed by atoms with van der Waals surface area (Å²) in [4.78, 5) is 4.26. The van der Waals surface area contributed by atoms with Gasteiger partial charge in [0.1, 0.15) is 5.75 Å². The van der Waals surface area contributed by atoms with Gasteiger partial charge in [-0.3, -0.25) is 4.99 Å². The fourth-order valence-electron chi connectivity index (χ4n) is 1.46. The second kappa shape index (κ2) is 5.42. The van der Waals surface area contributed by atoms with Crippen molar-refractivity contribution in [3.8, 4) is 5.75 Å². The van der Waals surface area contributed by atoms with Gasteiger partial charge in [-0.05, 0) is 31.2 Å². The predicted molar refractivity (Wildman–Crippen MR) is 76.6 cm³/mol. The van der Waals surface area contributed by atoms with Gasteiger partial charge in [0, 0.05) is 16.8 Å². The molecule has 0 amide bonds. The number of phenols is 1. The third kappa shape index (κ3) is 3.03. The molecule has 0 fully saturated rings. The van der Waals surface area contributed by atoms with E-state index < -0.39 is 0 Å². The second-order valence-corrected chi connectivity index (χ2v) is 4.76. The van der Waals surface area contributed by atoms with E-state index in [1.54, 1.807) is 6.07 Å². The zero-order valence-corrected chi connectivity index (χ0v) is 11.2. The van der Waals surface area contributed by atoms with Crippen molar-refractivity contribution in [2.45, 2.75) is 6.92 Å². The van der Waals surface area contributed by atoms with Crippen molar-refractivity contribution in [2.24, 2.45) is 4.99 Å². The molecule has 0 bridgehead atoms. The van der Waals surface area contributed by atoms with E-state index in [1.807, 2.05) is 31.2 Å². The van der Waals surface area contributed by atoms with Gasteiger partial charge in [-0.2, -0.15) is 0 Å². The molecule has 2 rings (SSSR count). The summed E-state index contributed by atoms with van der Waals surface area (Å²) in [6.07, 6.45) is 1.54. The molecule has 0 saturated carbocycles. The molecule has 0 atom stereocenters. The molecule has 2 nitrogen and oxygen atoms in total. The maximum Gasteiger partial charge on any atom is 0.143 e. The number of nitrogens with zero attached hydrogens (tertiary/aromatic N) is 1. The van der Waals surface area contributed by atoms with Crippen LogP contribution in [0.1, 0.15) is 11.1 Å². The molecule has 2 aromatic carbocycles. The zero-order chi connectivity index (χ0) is 13.1. The van der Waals surface area contributed by atoms with Gasteiger partial charge in [0.2, 0.25) is 0 Å². The predicted octanol–water partition coefficient (Wildman–Crippen LogP) is 4.76. The number of benzene rings is 2. The lowest BCUT2D eigenvalue weighted by Gasteiger charge is -2.02. The van der Waals surface area contributed by atoms with Crippen molar-refractivity contribution < 1.29 is 5.11 Å². The molecular formula is C14H11Cl2NO. The molecule has 0 saturated heterocycles. The van der Waals surface area contributed by atoms with Crippen molar-refractivity contribution in [2.75, 3.05) is 0 Å². The Balaban J connectivity index is 2.31. The van der Waals surface area contributed by atoms with Crippen molar-refractivity contribution in [3.05, 3.63) is 57.6 Å². The summed E-state index contributed by atoms with van der Waals surface area (Å²) in [5.41, 5.74) is 2.46. The van der Waals surface area contributed by atoms with Gasteiger partial charge in [0.25, 0.3) is 0 Å². The lowest BCUT2D eigenvalue weighted by atomic mass is 10.2. The molecule has 2 aromatic rings. The number of aliphatic imine (C=N–C) groups is 1. The minimum Gasteiger partial charge on any atom is -0.506 e. The number of rotatable bonds is 2. The lowest BCUT2D eigenvalue weighted by molar-refractivity contribution is 0.475. The Morgan fingerprint density at radius 1 is 1.11 bits per heavy atom. The van der Waals surface area contributed by atoms with E-state index in [4.69, 9.17) is 23.2 Å². The zero-order valence-electron chi connectivity index (χ0n) is 9.69. The van der Waals surface area contributed by atoms with E-state index in [1.165, 1.54) is 17.8 Å². The lowest BCUT2D eigenvalue weighted by Crippen LogP contribution is -1.84. The third-order valence-corrected chi connectivity index (χ3v) is 2.95. The number of phenolic OH excluding ortho intramolecular Hbond substituents is 1. The summed E-state index contributed by atoms with van der Waals surface area (Å²) in [7, 11) is 0. The molecule has 0 aliphatic carbocycles. The van der Waals surface area contributed by atoms with Crippen molar-refractivity contribution in [1.82, 2.24) is 0 Å². The van der Waals surface area contributed by atoms with E-state index >= 15 is 0 Å². The summed E-state index contributed by atoms with van der Waals surface area (Å²) < 4.78 is 0. The first-order chi connectivity index (χ1) is 8.56. The van der Waals surface area contributed by atoms with Crippen LogP contribution in [0.4, 0.5) is 5.69 Å². The largest absolute Gasteiger partial charge is 0.506 e. The number of aromatic hydroxyl groups is 1. The van der Waals surface area contributed by atoms with Crippen LogP contribution in [0, 0.1) is 6.92 Å². The topological polar surface area (TPSA) is 32.6 Å². The highest BCUT2D eigenvalue weighted by atomic mass is 35.5. The maximum absolute atomic E-state index is 9.76. The van der Waals surface area contributed by atoms with E-state index in [0.717, 1.165) is 5.69 Å². The Morgan fingerprint density at radius 2 is 1.78 bits per heavy atom. The standard InChI is InChI=1S/C14H11Cl2NO/c1-9-2-4-12(5-3-9)17-8-10-6-11(15)7-13(16)14(10)18/h2-8,18H,1H3. The average molecular weight is 280 g/mol. The highest BCUT2D eigenvalue weighted by Crippen LogP contribution is 2.30. The first kappa shape index (κ1) is 12.9. The van der Waals surface area contributed by atoms with Crippen LogP contribution >= 0.6 is 23.2 Å². The average Bonchev–Trinajstić information content (AvgIpc) is 2.34. The summed E-state index contributed by atoms with van der Waals surface area (Å²) >= 11 is 11.7. The number of aryl methyl sites for hydroxylation is 1. The summed E-state index contributed by atoms with van der Waals surface area (Å²) in [6, 6.07) is 10.8. The minimum atomic E-state index is -0.0167. The quantitative estimate of drug-likeness (QED) is 0.790. The molecule has 0 aromatic heterocycles. The van der Waals surface area contributed by atoms with Crippen LogP contribution in [-0.2, 0) is 0 Å². The smallest absolute Gasteiger partial charge is 0.143 e. The van der Waals surface area contributed by atoms with Gasteiger partial charge in [-0.1, -0.05) is 40.9 Å². The molecule has 0 unspecified atom stereocenters. The van der Waals surface area contributed by atoms with E-state index in [0.29, 0.717) is 10.6 Å². The second-order valence-electron chi connectivity index (χ2n) is 3.92. The normalized spacial score (nSPS) is 11.1. The van der Waals surface area contributed by atoms with Crippen LogP contribution < -0.4 is 0 Å². The monoisotopic (exact) mass is 279 g/mol. The van der Waals surface area contributed by atoms with Crippen molar-refractivity contribution in [1.29, 1.82) is 0 Å². The maximum atomic E-state index is 9.76. The molecule has 0 aliphatic heterocycles. The van der Waals surface area contributed by atoms with Crippen LogP contribution in [0.25, 0.3) is 0 Å². The van der Waals surface area contributed by atoms with Gasteiger partial charge in [0.05, 0.1) is 10.7 Å². The van der Waals surface area contributed by atoms with E-state index in [9.17, 15) is 5.11 Å². The van der Waals surface area contributed by atoms with Crippen molar-refractivity contribution in [3.63, 3.8) is 0 Å². The third-order valence-electron chi connectivity index (χ3n) is 2.44. The van der Waals surface area contributed by atoms with Crippen LogP contribution in [0.15, 0.2) is 41.4 Å². The Kier molecular flexibility index (Phi) is 3.90. The van der Waals surface area contributed by atoms with Crippen molar-refractivity contribution >= 4 is 35.1 Å². The van der Waals surface area contributed by atoms with Gasteiger partial charge in [0.15, 0.2) is 0 Å². The van der Waals surface area contributed by atoms with Gasteiger partial charge in [-0.25, -0.2) is 0 Å². The van der Waals surface area contributed by atoms with Gasteiger partial charge in [-0.15, -0.1) is 0 Å². The Bertz CT molecular complexity index is 591. The van der Waals surface area contributed by atoms with Crippen LogP contribution in [0.3, 0.4) is 0 Å². The first-order valence-corrected chi connectivity index (χ1v) is 6.10. The SMILES string of the molecule is Cc1ccc(N=Cc2cc(Cl)cc(Cl)c2O)cc1. The number of halogens is 2. The fraction of sp³-hybridized carbons (Fsp3) is 0.0714. The summed E-state index contributed by atoms with van der Waals surface area (Å²) in [5.74, 6) is -0.0167. The summed E-state index contributed by atoms with van der Waals surface area (Å²) in [6.45, 7) is 2.01. The molecule has 18 heavy (non-hydrogen) atoms. The Morgan fingerprint density at radius 3 is 2.44 bits per heavy atom. The minimum absolute atomic E-state index is 0.0167. The molecule has 4 heteroatoms. The molecule has 0 aliphatic rings. The molecule has 92 valence electrons. The Hall–Kier alpha value is -1.51. The molecule has 0 radical (unpaired) electrons.